The van der Waals surface area contributed by atoms with E-state index >= 15 is 0 Å². The Morgan fingerprint density at radius 1 is 0.867 bits per heavy atom. The second kappa shape index (κ2) is 8.08. The van der Waals surface area contributed by atoms with Gasteiger partial charge in [-0.1, -0.05) is 18.2 Å². The second-order valence-electron chi connectivity index (χ2n) is 6.44. The van der Waals surface area contributed by atoms with Crippen LogP contribution in [0.25, 0.3) is 16.7 Å². The predicted octanol–water partition coefficient (Wildman–Crippen LogP) is 3.52. The van der Waals surface area contributed by atoms with E-state index in [0.29, 0.717) is 5.69 Å². The number of carbonyl (C=O) groups is 2. The molecule has 0 spiro atoms. The van der Waals surface area contributed by atoms with Crippen LogP contribution in [0.3, 0.4) is 0 Å². The quantitative estimate of drug-likeness (QED) is 0.623. The molecule has 7 heteroatoms. The van der Waals surface area contributed by atoms with E-state index in [4.69, 9.17) is 9.47 Å². The lowest BCUT2D eigenvalue weighted by Crippen LogP contribution is -2.26. The third-order valence-electron chi connectivity index (χ3n) is 4.75. The van der Waals surface area contributed by atoms with Crippen LogP contribution in [-0.2, 0) is 19.1 Å². The van der Waals surface area contributed by atoms with Crippen LogP contribution in [0, 0.1) is 0 Å². The zero-order chi connectivity index (χ0) is 21.1. The predicted molar refractivity (Wildman–Crippen MR) is 113 cm³/mol. The van der Waals surface area contributed by atoms with E-state index < -0.39 is 11.9 Å². The molecule has 0 unspecified atom stereocenters. The fourth-order valence-electron chi connectivity index (χ4n) is 3.30. The number of aromatic nitrogens is 2. The van der Waals surface area contributed by atoms with Gasteiger partial charge in [-0.3, -0.25) is 4.57 Å². The summed E-state index contributed by atoms with van der Waals surface area (Å²) in [6, 6.07) is 15.4. The molecule has 30 heavy (non-hydrogen) atoms. The number of rotatable bonds is 4. The van der Waals surface area contributed by atoms with E-state index in [1.165, 1.54) is 20.3 Å². The summed E-state index contributed by atoms with van der Waals surface area (Å²) in [6.07, 6.45) is 8.39. The molecule has 150 valence electrons. The Labute approximate surface area is 173 Å². The molecule has 1 aliphatic heterocycles. The number of hydrogen-bond acceptors (Lipinski definition) is 6. The number of ether oxygens (including phenoxy) is 2. The fraction of sp³-hybridized carbons (Fsp3) is 0.0870. The number of anilines is 1. The standard InChI is InChI=1S/C23H19N3O4/c1-29-22(27)18-7-5-6-14-25(21(18)23(28)30-2)16-10-12-17(13-11-16)26-15-24-19-8-3-4-9-20(19)26/h3-15H,1-2H3. The highest BCUT2D eigenvalue weighted by Gasteiger charge is 2.27. The number of nitrogens with zero attached hydrogens (tertiary/aromatic N) is 3. The van der Waals surface area contributed by atoms with Crippen molar-refractivity contribution in [2.75, 3.05) is 19.1 Å². The second-order valence-corrected chi connectivity index (χ2v) is 6.44. The van der Waals surface area contributed by atoms with Gasteiger partial charge in [0.05, 0.1) is 30.8 Å². The zero-order valence-electron chi connectivity index (χ0n) is 16.5. The fourth-order valence-corrected chi connectivity index (χ4v) is 3.30. The summed E-state index contributed by atoms with van der Waals surface area (Å²) < 4.78 is 11.8. The van der Waals surface area contributed by atoms with Crippen molar-refractivity contribution in [2.24, 2.45) is 0 Å². The number of benzene rings is 2. The van der Waals surface area contributed by atoms with Crippen molar-refractivity contribution in [1.82, 2.24) is 9.55 Å². The summed E-state index contributed by atoms with van der Waals surface area (Å²) in [7, 11) is 2.54. The number of fused-ring (bicyclic) bond motifs is 1. The minimum absolute atomic E-state index is 0.0789. The number of imidazole rings is 1. The molecule has 4 rings (SSSR count). The maximum Gasteiger partial charge on any atom is 0.355 e. The molecule has 3 aromatic rings. The molecule has 0 atom stereocenters. The molecule has 0 saturated carbocycles. The van der Waals surface area contributed by atoms with Crippen LogP contribution in [0.2, 0.25) is 0 Å². The van der Waals surface area contributed by atoms with Crippen LogP contribution in [-0.4, -0.2) is 35.7 Å². The Kier molecular flexibility index (Phi) is 5.17. The van der Waals surface area contributed by atoms with Gasteiger partial charge in [-0.05, 0) is 48.6 Å². The first-order valence-electron chi connectivity index (χ1n) is 9.21. The highest BCUT2D eigenvalue weighted by atomic mass is 16.5. The largest absolute Gasteiger partial charge is 0.465 e. The summed E-state index contributed by atoms with van der Waals surface area (Å²) in [4.78, 5) is 30.8. The first kappa shape index (κ1) is 19.2. The first-order valence-corrected chi connectivity index (χ1v) is 9.21. The van der Waals surface area contributed by atoms with Crippen LogP contribution in [0.15, 0.2) is 90.6 Å². The van der Waals surface area contributed by atoms with Gasteiger partial charge < -0.3 is 14.4 Å². The normalized spacial score (nSPS) is 13.5. The molecule has 2 heterocycles. The third kappa shape index (κ3) is 3.37. The molecule has 1 aromatic heterocycles. The lowest BCUT2D eigenvalue weighted by atomic mass is 10.1. The van der Waals surface area contributed by atoms with Crippen molar-refractivity contribution in [3.8, 4) is 5.69 Å². The molecule has 0 radical (unpaired) electrons. The van der Waals surface area contributed by atoms with Crippen molar-refractivity contribution in [3.63, 3.8) is 0 Å². The average Bonchev–Trinajstić information content (AvgIpc) is 3.10. The Balaban J connectivity index is 1.77. The van der Waals surface area contributed by atoms with Crippen LogP contribution in [0.1, 0.15) is 0 Å². The van der Waals surface area contributed by atoms with Crippen molar-refractivity contribution in [2.45, 2.75) is 0 Å². The lowest BCUT2D eigenvalue weighted by molar-refractivity contribution is -0.139. The molecule has 0 amide bonds. The molecule has 0 fully saturated rings. The average molecular weight is 401 g/mol. The van der Waals surface area contributed by atoms with E-state index in [2.05, 4.69) is 4.98 Å². The summed E-state index contributed by atoms with van der Waals surface area (Å²) in [5.74, 6) is -1.27. The van der Waals surface area contributed by atoms with Crippen molar-refractivity contribution < 1.29 is 19.1 Å². The van der Waals surface area contributed by atoms with Gasteiger partial charge >= 0.3 is 11.9 Å². The van der Waals surface area contributed by atoms with E-state index in [9.17, 15) is 9.59 Å². The van der Waals surface area contributed by atoms with Crippen LogP contribution < -0.4 is 4.90 Å². The van der Waals surface area contributed by atoms with E-state index in [-0.39, 0.29) is 11.3 Å². The maximum absolute atomic E-state index is 12.5. The van der Waals surface area contributed by atoms with Crippen molar-refractivity contribution in [3.05, 3.63) is 90.6 Å². The van der Waals surface area contributed by atoms with Crippen LogP contribution in [0.4, 0.5) is 5.69 Å². The summed E-state index contributed by atoms with van der Waals surface area (Å²) in [6.45, 7) is 0. The number of esters is 2. The number of carbonyl (C=O) groups excluding carboxylic acids is 2. The number of allylic oxidation sites excluding steroid dienone is 2. The van der Waals surface area contributed by atoms with Crippen LogP contribution >= 0.6 is 0 Å². The van der Waals surface area contributed by atoms with Crippen molar-refractivity contribution >= 4 is 28.7 Å². The van der Waals surface area contributed by atoms with E-state index in [0.717, 1.165) is 16.7 Å². The Morgan fingerprint density at radius 2 is 1.57 bits per heavy atom. The van der Waals surface area contributed by atoms with Gasteiger partial charge in [0.1, 0.15) is 12.0 Å². The minimum atomic E-state index is -0.642. The molecule has 0 aliphatic carbocycles. The molecule has 2 aromatic carbocycles. The molecule has 7 nitrogen and oxygen atoms in total. The highest BCUT2D eigenvalue weighted by molar-refractivity contribution is 6.05. The Bertz CT molecular complexity index is 1200. The van der Waals surface area contributed by atoms with Gasteiger partial charge in [0.25, 0.3) is 0 Å². The number of para-hydroxylation sites is 2. The summed E-state index contributed by atoms with van der Waals surface area (Å²) >= 11 is 0. The number of methoxy groups -OCH3 is 2. The maximum atomic E-state index is 12.5. The Morgan fingerprint density at radius 3 is 2.30 bits per heavy atom. The molecule has 0 N–H and O–H groups in total. The molecular weight excluding hydrogens is 382 g/mol. The van der Waals surface area contributed by atoms with Gasteiger partial charge in [0.15, 0.2) is 0 Å². The van der Waals surface area contributed by atoms with Gasteiger partial charge in [0, 0.05) is 17.6 Å². The van der Waals surface area contributed by atoms with Gasteiger partial charge in [0.2, 0.25) is 0 Å². The summed E-state index contributed by atoms with van der Waals surface area (Å²) in [5, 5.41) is 0. The summed E-state index contributed by atoms with van der Waals surface area (Å²) in [5.41, 5.74) is 3.69. The smallest absolute Gasteiger partial charge is 0.355 e. The topological polar surface area (TPSA) is 73.7 Å². The van der Waals surface area contributed by atoms with Gasteiger partial charge in [-0.15, -0.1) is 0 Å². The SMILES string of the molecule is COC(=O)C1=C(C(=O)OC)N(c2ccc(-n3cnc4ccccc43)cc2)C=CC=C1. The lowest BCUT2D eigenvalue weighted by Gasteiger charge is -2.23. The van der Waals surface area contributed by atoms with Crippen molar-refractivity contribution in [1.29, 1.82) is 0 Å². The molecule has 0 saturated heterocycles. The first-order chi connectivity index (χ1) is 14.6. The van der Waals surface area contributed by atoms with Gasteiger partial charge in [-0.25, -0.2) is 14.6 Å². The van der Waals surface area contributed by atoms with E-state index in [1.807, 2.05) is 53.1 Å². The van der Waals surface area contributed by atoms with E-state index in [1.54, 1.807) is 29.6 Å². The monoisotopic (exact) mass is 401 g/mol. The van der Waals surface area contributed by atoms with Gasteiger partial charge in [-0.2, -0.15) is 0 Å². The molecule has 0 bridgehead atoms. The molecule has 1 aliphatic rings. The minimum Gasteiger partial charge on any atom is -0.465 e. The molecular formula is C23H19N3O4. The third-order valence-corrected chi connectivity index (χ3v) is 4.75. The zero-order valence-corrected chi connectivity index (χ0v) is 16.5. The van der Waals surface area contributed by atoms with Crippen LogP contribution in [0.5, 0.6) is 0 Å². The highest BCUT2D eigenvalue weighted by Crippen LogP contribution is 2.28. The Hall–Kier alpha value is -4.13. The number of hydrogen-bond donors (Lipinski definition) is 0.